The topological polar surface area (TPSA) is 58.4 Å². The highest BCUT2D eigenvalue weighted by molar-refractivity contribution is 6.29. The van der Waals surface area contributed by atoms with Crippen molar-refractivity contribution in [2.24, 2.45) is 5.16 Å². The molecule has 0 aliphatic heterocycles. The smallest absolute Gasteiger partial charge is 0.129 e. The van der Waals surface area contributed by atoms with Gasteiger partial charge in [-0.2, -0.15) is 0 Å². The van der Waals surface area contributed by atoms with Crippen molar-refractivity contribution in [3.8, 4) is 0 Å². The zero-order valence-electron chi connectivity index (χ0n) is 8.92. The molecule has 2 aromatic heterocycles. The highest BCUT2D eigenvalue weighted by atomic mass is 35.5. The van der Waals surface area contributed by atoms with Gasteiger partial charge in [-0.3, -0.25) is 4.98 Å². The van der Waals surface area contributed by atoms with E-state index in [0.717, 1.165) is 11.3 Å². The standard InChI is InChI=1S/C12H10ClN3O/c13-12-5-1-4-10(15-12)7-11(16-17)9-3-2-6-14-8-9/h1-6,8,17H,7H2. The van der Waals surface area contributed by atoms with E-state index in [2.05, 4.69) is 15.1 Å². The van der Waals surface area contributed by atoms with Gasteiger partial charge >= 0.3 is 0 Å². The van der Waals surface area contributed by atoms with E-state index in [-0.39, 0.29) is 0 Å². The Morgan fingerprint density at radius 1 is 1.29 bits per heavy atom. The SMILES string of the molecule is ON=C(Cc1cccc(Cl)n1)c1cccnc1. The van der Waals surface area contributed by atoms with Crippen molar-refractivity contribution in [3.63, 3.8) is 0 Å². The fourth-order valence-corrected chi connectivity index (χ4v) is 1.63. The van der Waals surface area contributed by atoms with Crippen molar-refractivity contribution in [2.45, 2.75) is 6.42 Å². The monoisotopic (exact) mass is 247 g/mol. The first kappa shape index (κ1) is 11.5. The molecule has 86 valence electrons. The summed E-state index contributed by atoms with van der Waals surface area (Å²) in [4.78, 5) is 8.11. The van der Waals surface area contributed by atoms with Crippen molar-refractivity contribution in [2.75, 3.05) is 0 Å². The summed E-state index contributed by atoms with van der Waals surface area (Å²) >= 11 is 5.79. The van der Waals surface area contributed by atoms with Crippen molar-refractivity contribution in [1.29, 1.82) is 0 Å². The molecule has 0 spiro atoms. The lowest BCUT2D eigenvalue weighted by Crippen LogP contribution is -2.07. The third-order valence-corrected chi connectivity index (χ3v) is 2.45. The summed E-state index contributed by atoms with van der Waals surface area (Å²) in [6.07, 6.45) is 3.71. The lowest BCUT2D eigenvalue weighted by atomic mass is 10.1. The zero-order valence-corrected chi connectivity index (χ0v) is 9.67. The van der Waals surface area contributed by atoms with E-state index >= 15 is 0 Å². The van der Waals surface area contributed by atoms with E-state index < -0.39 is 0 Å². The average molecular weight is 248 g/mol. The van der Waals surface area contributed by atoms with Gasteiger partial charge in [0.25, 0.3) is 0 Å². The maximum atomic E-state index is 9.01. The summed E-state index contributed by atoms with van der Waals surface area (Å²) in [6.45, 7) is 0. The minimum atomic E-state index is 0.406. The Bertz CT molecular complexity index is 528. The summed E-state index contributed by atoms with van der Waals surface area (Å²) in [5.74, 6) is 0. The van der Waals surface area contributed by atoms with Gasteiger partial charge in [0, 0.05) is 30.1 Å². The van der Waals surface area contributed by atoms with Crippen molar-refractivity contribution in [1.82, 2.24) is 9.97 Å². The molecule has 0 fully saturated rings. The highest BCUT2D eigenvalue weighted by Gasteiger charge is 2.07. The molecule has 0 atom stereocenters. The van der Waals surface area contributed by atoms with E-state index in [1.165, 1.54) is 0 Å². The summed E-state index contributed by atoms with van der Waals surface area (Å²) in [5.41, 5.74) is 2.01. The maximum Gasteiger partial charge on any atom is 0.129 e. The van der Waals surface area contributed by atoms with Crippen molar-refractivity contribution >= 4 is 17.3 Å². The summed E-state index contributed by atoms with van der Waals surface area (Å²) in [7, 11) is 0. The number of halogens is 1. The molecule has 0 bridgehead atoms. The van der Waals surface area contributed by atoms with Crippen LogP contribution in [0, 0.1) is 0 Å². The number of aromatic nitrogens is 2. The van der Waals surface area contributed by atoms with Crippen LogP contribution in [0.5, 0.6) is 0 Å². The molecule has 0 saturated heterocycles. The van der Waals surface area contributed by atoms with E-state index in [1.54, 1.807) is 24.5 Å². The molecule has 17 heavy (non-hydrogen) atoms. The van der Waals surface area contributed by atoms with E-state index in [4.69, 9.17) is 16.8 Å². The number of rotatable bonds is 3. The second-order valence-corrected chi connectivity index (χ2v) is 3.80. The predicted molar refractivity (Wildman–Crippen MR) is 65.5 cm³/mol. The van der Waals surface area contributed by atoms with Crippen LogP contribution in [-0.4, -0.2) is 20.9 Å². The molecule has 0 aliphatic carbocycles. The third-order valence-electron chi connectivity index (χ3n) is 2.24. The molecular formula is C12H10ClN3O. The van der Waals surface area contributed by atoms with Crippen LogP contribution in [0.1, 0.15) is 11.3 Å². The summed E-state index contributed by atoms with van der Waals surface area (Å²) in [6, 6.07) is 8.94. The predicted octanol–water partition coefficient (Wildman–Crippen LogP) is 2.55. The Kier molecular flexibility index (Phi) is 3.67. The first-order valence-electron chi connectivity index (χ1n) is 5.02. The van der Waals surface area contributed by atoms with Gasteiger partial charge in [0.15, 0.2) is 0 Å². The van der Waals surface area contributed by atoms with Gasteiger partial charge in [0.1, 0.15) is 5.15 Å². The minimum absolute atomic E-state index is 0.406. The van der Waals surface area contributed by atoms with Crippen LogP contribution in [0.15, 0.2) is 47.9 Å². The number of hydrogen-bond acceptors (Lipinski definition) is 4. The fourth-order valence-electron chi connectivity index (χ4n) is 1.45. The van der Waals surface area contributed by atoms with Crippen LogP contribution in [0.2, 0.25) is 5.15 Å². The molecule has 2 heterocycles. The fraction of sp³-hybridized carbons (Fsp3) is 0.0833. The van der Waals surface area contributed by atoms with E-state index in [0.29, 0.717) is 17.3 Å². The second kappa shape index (κ2) is 5.41. The molecule has 1 N–H and O–H groups in total. The summed E-state index contributed by atoms with van der Waals surface area (Å²) < 4.78 is 0. The van der Waals surface area contributed by atoms with Crippen LogP contribution in [0.4, 0.5) is 0 Å². The Labute approximate surface area is 104 Å². The van der Waals surface area contributed by atoms with Crippen LogP contribution < -0.4 is 0 Å². The van der Waals surface area contributed by atoms with Crippen molar-refractivity contribution < 1.29 is 5.21 Å². The van der Waals surface area contributed by atoms with Gasteiger partial charge in [0.2, 0.25) is 0 Å². The molecule has 4 nitrogen and oxygen atoms in total. The molecule has 2 rings (SSSR count). The summed E-state index contributed by atoms with van der Waals surface area (Å²) in [5, 5.41) is 12.7. The molecule has 0 aliphatic rings. The highest BCUT2D eigenvalue weighted by Crippen LogP contribution is 2.09. The maximum absolute atomic E-state index is 9.01. The van der Waals surface area contributed by atoms with Gasteiger partial charge in [-0.05, 0) is 24.3 Å². The van der Waals surface area contributed by atoms with Crippen LogP contribution in [0.25, 0.3) is 0 Å². The lowest BCUT2D eigenvalue weighted by Gasteiger charge is -2.03. The third kappa shape index (κ3) is 3.01. The molecule has 0 unspecified atom stereocenters. The van der Waals surface area contributed by atoms with Crippen LogP contribution in [-0.2, 0) is 6.42 Å². The molecule has 5 heteroatoms. The molecule has 2 aromatic rings. The number of nitrogens with zero attached hydrogens (tertiary/aromatic N) is 3. The lowest BCUT2D eigenvalue weighted by molar-refractivity contribution is 0.318. The molecule has 0 aromatic carbocycles. The molecule has 0 saturated carbocycles. The number of oxime groups is 1. The van der Waals surface area contributed by atoms with Gasteiger partial charge in [-0.15, -0.1) is 0 Å². The van der Waals surface area contributed by atoms with Gasteiger partial charge in [0.05, 0.1) is 5.71 Å². The van der Waals surface area contributed by atoms with Crippen LogP contribution >= 0.6 is 11.6 Å². The molecular weight excluding hydrogens is 238 g/mol. The quantitative estimate of drug-likeness (QED) is 0.392. The first-order chi connectivity index (χ1) is 8.29. The Hall–Kier alpha value is -1.94. The van der Waals surface area contributed by atoms with E-state index in [9.17, 15) is 0 Å². The van der Waals surface area contributed by atoms with Gasteiger partial charge < -0.3 is 5.21 Å². The largest absolute Gasteiger partial charge is 0.411 e. The average Bonchev–Trinajstić information content (AvgIpc) is 2.37. The number of hydrogen-bond donors (Lipinski definition) is 1. The van der Waals surface area contributed by atoms with Gasteiger partial charge in [-0.1, -0.05) is 22.8 Å². The first-order valence-corrected chi connectivity index (χ1v) is 5.40. The zero-order chi connectivity index (χ0) is 12.1. The van der Waals surface area contributed by atoms with Gasteiger partial charge in [-0.25, -0.2) is 4.98 Å². The Morgan fingerprint density at radius 2 is 2.18 bits per heavy atom. The van der Waals surface area contributed by atoms with E-state index in [1.807, 2.05) is 18.2 Å². The Balaban J connectivity index is 2.23. The van der Waals surface area contributed by atoms with Crippen LogP contribution in [0.3, 0.4) is 0 Å². The molecule has 0 radical (unpaired) electrons. The second-order valence-electron chi connectivity index (χ2n) is 3.42. The Morgan fingerprint density at radius 3 is 2.82 bits per heavy atom. The van der Waals surface area contributed by atoms with Crippen molar-refractivity contribution in [3.05, 3.63) is 59.1 Å². The number of pyridine rings is 2. The normalized spacial score (nSPS) is 11.5. The molecule has 0 amide bonds. The minimum Gasteiger partial charge on any atom is -0.411 e.